The molecular formula is C19H20N2O4. The largest absolute Gasteiger partial charge is 0.454 e. The molecule has 0 unspecified atom stereocenters. The van der Waals surface area contributed by atoms with Gasteiger partial charge in [-0.3, -0.25) is 9.59 Å². The van der Waals surface area contributed by atoms with Crippen molar-refractivity contribution in [2.75, 3.05) is 6.79 Å². The number of hydrogen-bond donors (Lipinski definition) is 1. The lowest BCUT2D eigenvalue weighted by Crippen LogP contribution is -2.41. The summed E-state index contributed by atoms with van der Waals surface area (Å²) in [6, 6.07) is 7.16. The first-order valence-electron chi connectivity index (χ1n) is 8.49. The summed E-state index contributed by atoms with van der Waals surface area (Å²) in [5.74, 6) is -1.07. The van der Waals surface area contributed by atoms with E-state index in [0.29, 0.717) is 11.5 Å². The molecule has 1 fully saturated rings. The van der Waals surface area contributed by atoms with Crippen LogP contribution in [0.15, 0.2) is 24.3 Å². The maximum atomic E-state index is 12.2. The van der Waals surface area contributed by atoms with Crippen molar-refractivity contribution < 1.29 is 19.1 Å². The number of benzene rings is 1. The van der Waals surface area contributed by atoms with Crippen LogP contribution >= 0.6 is 0 Å². The summed E-state index contributed by atoms with van der Waals surface area (Å²) < 4.78 is 10.5. The minimum absolute atomic E-state index is 0.0720. The van der Waals surface area contributed by atoms with Crippen LogP contribution in [0.4, 0.5) is 0 Å². The molecule has 1 atom stereocenters. The Labute approximate surface area is 146 Å². The second-order valence-electron chi connectivity index (χ2n) is 6.25. The SMILES string of the molecule is N#C[C@H](C(=O)/C=C/c1ccc2c(c1)OCO2)C(=O)NC1CCCCC1. The Hall–Kier alpha value is -2.81. The normalized spacial score (nSPS) is 17.9. The van der Waals surface area contributed by atoms with Crippen molar-refractivity contribution in [1.29, 1.82) is 5.26 Å². The molecule has 1 aliphatic carbocycles. The van der Waals surface area contributed by atoms with Gasteiger partial charge in [-0.2, -0.15) is 5.26 Å². The van der Waals surface area contributed by atoms with E-state index in [1.54, 1.807) is 24.3 Å². The van der Waals surface area contributed by atoms with Crippen LogP contribution in [-0.2, 0) is 9.59 Å². The smallest absolute Gasteiger partial charge is 0.245 e. The molecule has 1 N–H and O–H groups in total. The van der Waals surface area contributed by atoms with Gasteiger partial charge >= 0.3 is 0 Å². The maximum absolute atomic E-state index is 12.2. The van der Waals surface area contributed by atoms with Crippen molar-refractivity contribution in [3.63, 3.8) is 0 Å². The highest BCUT2D eigenvalue weighted by atomic mass is 16.7. The average molecular weight is 340 g/mol. The molecule has 1 heterocycles. The number of ketones is 1. The van der Waals surface area contributed by atoms with E-state index in [-0.39, 0.29) is 12.8 Å². The highest BCUT2D eigenvalue weighted by Gasteiger charge is 2.27. The van der Waals surface area contributed by atoms with Gasteiger partial charge in [-0.25, -0.2) is 0 Å². The van der Waals surface area contributed by atoms with Gasteiger partial charge in [-0.1, -0.05) is 31.4 Å². The third-order valence-corrected chi connectivity index (χ3v) is 4.46. The summed E-state index contributed by atoms with van der Waals surface area (Å²) in [4.78, 5) is 24.5. The molecule has 0 saturated heterocycles. The molecular weight excluding hydrogens is 320 g/mol. The summed E-state index contributed by atoms with van der Waals surface area (Å²) >= 11 is 0. The molecule has 1 saturated carbocycles. The van der Waals surface area contributed by atoms with E-state index >= 15 is 0 Å². The van der Waals surface area contributed by atoms with Crippen molar-refractivity contribution in [3.05, 3.63) is 29.8 Å². The lowest BCUT2D eigenvalue weighted by Gasteiger charge is -2.23. The number of nitriles is 1. The zero-order valence-electron chi connectivity index (χ0n) is 13.9. The summed E-state index contributed by atoms with van der Waals surface area (Å²) in [7, 11) is 0. The summed E-state index contributed by atoms with van der Waals surface area (Å²) in [6.07, 6.45) is 7.97. The molecule has 1 aliphatic heterocycles. The van der Waals surface area contributed by atoms with Gasteiger partial charge in [-0.05, 0) is 36.6 Å². The van der Waals surface area contributed by atoms with Gasteiger partial charge in [-0.15, -0.1) is 0 Å². The van der Waals surface area contributed by atoms with Crippen LogP contribution in [0.3, 0.4) is 0 Å². The van der Waals surface area contributed by atoms with E-state index in [4.69, 9.17) is 9.47 Å². The third-order valence-electron chi connectivity index (χ3n) is 4.46. The van der Waals surface area contributed by atoms with Crippen LogP contribution in [0, 0.1) is 17.2 Å². The quantitative estimate of drug-likeness (QED) is 0.657. The lowest BCUT2D eigenvalue weighted by molar-refractivity contribution is -0.130. The molecule has 130 valence electrons. The van der Waals surface area contributed by atoms with Gasteiger partial charge in [0, 0.05) is 6.04 Å². The minimum Gasteiger partial charge on any atom is -0.454 e. The van der Waals surface area contributed by atoms with Gasteiger partial charge in [0.05, 0.1) is 6.07 Å². The van der Waals surface area contributed by atoms with Gasteiger partial charge in [0.15, 0.2) is 23.2 Å². The summed E-state index contributed by atoms with van der Waals surface area (Å²) in [5.41, 5.74) is 0.738. The van der Waals surface area contributed by atoms with Crippen LogP contribution in [-0.4, -0.2) is 24.5 Å². The topological polar surface area (TPSA) is 88.4 Å². The molecule has 1 aromatic rings. The van der Waals surface area contributed by atoms with Crippen LogP contribution in [0.1, 0.15) is 37.7 Å². The van der Waals surface area contributed by atoms with E-state index in [2.05, 4.69) is 5.32 Å². The van der Waals surface area contributed by atoms with Crippen LogP contribution in [0.25, 0.3) is 6.08 Å². The highest BCUT2D eigenvalue weighted by Crippen LogP contribution is 2.32. The summed E-state index contributed by atoms with van der Waals surface area (Å²) in [5, 5.41) is 12.0. The molecule has 6 heteroatoms. The van der Waals surface area contributed by atoms with E-state index in [0.717, 1.165) is 31.2 Å². The second kappa shape index (κ2) is 7.84. The molecule has 1 amide bonds. The molecule has 1 aromatic carbocycles. The highest BCUT2D eigenvalue weighted by molar-refractivity contribution is 6.10. The van der Waals surface area contributed by atoms with Crippen molar-refractivity contribution >= 4 is 17.8 Å². The molecule has 3 rings (SSSR count). The fourth-order valence-electron chi connectivity index (χ4n) is 3.07. The van der Waals surface area contributed by atoms with Gasteiger partial charge < -0.3 is 14.8 Å². The van der Waals surface area contributed by atoms with Crippen molar-refractivity contribution in [3.8, 4) is 17.6 Å². The Morgan fingerprint density at radius 2 is 1.96 bits per heavy atom. The number of nitrogens with one attached hydrogen (secondary N) is 1. The van der Waals surface area contributed by atoms with Crippen molar-refractivity contribution in [2.45, 2.75) is 38.1 Å². The van der Waals surface area contributed by atoms with Crippen molar-refractivity contribution in [2.24, 2.45) is 5.92 Å². The first-order valence-corrected chi connectivity index (χ1v) is 8.49. The van der Waals surface area contributed by atoms with E-state index in [9.17, 15) is 14.9 Å². The fraction of sp³-hybridized carbons (Fsp3) is 0.421. The minimum atomic E-state index is -1.31. The van der Waals surface area contributed by atoms with Crippen LogP contribution in [0.5, 0.6) is 11.5 Å². The number of ether oxygens (including phenoxy) is 2. The second-order valence-corrected chi connectivity index (χ2v) is 6.25. The number of amides is 1. The van der Waals surface area contributed by atoms with Gasteiger partial charge in [0.2, 0.25) is 12.7 Å². The number of carbonyl (C=O) groups excluding carboxylic acids is 2. The van der Waals surface area contributed by atoms with Crippen LogP contribution in [0.2, 0.25) is 0 Å². The fourth-order valence-corrected chi connectivity index (χ4v) is 3.07. The van der Waals surface area contributed by atoms with E-state index in [1.807, 2.05) is 6.07 Å². The predicted octanol–water partition coefficient (Wildman–Crippen LogP) is 2.59. The summed E-state index contributed by atoms with van der Waals surface area (Å²) in [6.45, 7) is 0.180. The van der Waals surface area contributed by atoms with E-state index < -0.39 is 17.6 Å². The van der Waals surface area contributed by atoms with Crippen LogP contribution < -0.4 is 14.8 Å². The van der Waals surface area contributed by atoms with Crippen molar-refractivity contribution in [1.82, 2.24) is 5.32 Å². The number of carbonyl (C=O) groups is 2. The van der Waals surface area contributed by atoms with Gasteiger partial charge in [0.25, 0.3) is 0 Å². The number of rotatable bonds is 5. The Morgan fingerprint density at radius 3 is 2.72 bits per heavy atom. The zero-order chi connectivity index (χ0) is 17.6. The lowest BCUT2D eigenvalue weighted by atomic mass is 9.94. The Kier molecular flexibility index (Phi) is 5.34. The van der Waals surface area contributed by atoms with E-state index in [1.165, 1.54) is 12.5 Å². The molecule has 0 radical (unpaired) electrons. The standard InChI is InChI=1S/C19H20N2O4/c20-11-15(19(23)21-14-4-2-1-3-5-14)16(22)8-6-13-7-9-17-18(10-13)25-12-24-17/h6-10,14-15H,1-5,12H2,(H,21,23)/b8-6+/t15-/m1/s1. The molecule has 2 aliphatic rings. The number of fused-ring (bicyclic) bond motifs is 1. The Morgan fingerprint density at radius 1 is 1.20 bits per heavy atom. The molecule has 0 bridgehead atoms. The molecule has 25 heavy (non-hydrogen) atoms. The molecule has 6 nitrogen and oxygen atoms in total. The third kappa shape index (κ3) is 4.18. The zero-order valence-corrected chi connectivity index (χ0v) is 13.9. The number of allylic oxidation sites excluding steroid dienone is 1. The Bertz CT molecular complexity index is 729. The average Bonchev–Trinajstić information content (AvgIpc) is 3.09. The Balaban J connectivity index is 1.61. The maximum Gasteiger partial charge on any atom is 0.245 e. The first-order chi connectivity index (χ1) is 12.2. The predicted molar refractivity (Wildman–Crippen MR) is 90.7 cm³/mol. The van der Waals surface area contributed by atoms with Gasteiger partial charge in [0.1, 0.15) is 0 Å². The molecule has 0 aromatic heterocycles. The number of nitrogens with zero attached hydrogens (tertiary/aromatic N) is 1. The number of hydrogen-bond acceptors (Lipinski definition) is 5. The monoisotopic (exact) mass is 340 g/mol. The molecule has 0 spiro atoms. The first kappa shape index (κ1) is 17.0.